The van der Waals surface area contributed by atoms with Crippen LogP contribution in [0.25, 0.3) is 0 Å². The predicted octanol–water partition coefficient (Wildman–Crippen LogP) is 0.906. The van der Waals surface area contributed by atoms with Crippen molar-refractivity contribution in [2.75, 3.05) is 0 Å². The maximum absolute atomic E-state index is 12.6. The molecule has 2 N–H and O–H groups in total. The summed E-state index contributed by atoms with van der Waals surface area (Å²) in [6.07, 6.45) is 0.0118. The lowest BCUT2D eigenvalue weighted by Gasteiger charge is -2.25. The highest BCUT2D eigenvalue weighted by atomic mass is 16.5. The summed E-state index contributed by atoms with van der Waals surface area (Å²) in [7, 11) is 0. The summed E-state index contributed by atoms with van der Waals surface area (Å²) in [5.41, 5.74) is 2.30. The molecule has 1 aliphatic heterocycles. The molecule has 6 heteroatoms. The molecule has 0 spiro atoms. The number of nitrogens with one attached hydrogen (secondary N) is 1. The van der Waals surface area contributed by atoms with Gasteiger partial charge in [-0.2, -0.15) is 0 Å². The Morgan fingerprint density at radius 2 is 1.90 bits per heavy atom. The molecule has 0 aliphatic carbocycles. The summed E-state index contributed by atoms with van der Waals surface area (Å²) in [5.74, 6) is -1.63. The van der Waals surface area contributed by atoms with E-state index in [4.69, 9.17) is 5.21 Å². The van der Waals surface area contributed by atoms with Gasteiger partial charge in [-0.15, -0.1) is 0 Å². The summed E-state index contributed by atoms with van der Waals surface area (Å²) in [4.78, 5) is 37.2. The fourth-order valence-electron chi connectivity index (χ4n) is 2.59. The van der Waals surface area contributed by atoms with Crippen LogP contribution in [0, 0.1) is 6.92 Å². The monoisotopic (exact) mass is 290 g/mol. The summed E-state index contributed by atoms with van der Waals surface area (Å²) < 4.78 is 0. The molecular formula is C15H18N2O4. The highest BCUT2D eigenvalue weighted by Crippen LogP contribution is 2.37. The van der Waals surface area contributed by atoms with Crippen LogP contribution in [0.3, 0.4) is 0 Å². The minimum atomic E-state index is -1.04. The second-order valence-corrected chi connectivity index (χ2v) is 5.60. The molecular weight excluding hydrogens is 272 g/mol. The smallest absolute Gasteiger partial charge is 0.266 e. The molecule has 0 radical (unpaired) electrons. The third kappa shape index (κ3) is 2.42. The highest BCUT2D eigenvalue weighted by molar-refractivity contribution is 6.11. The average Bonchev–Trinajstić information content (AvgIpc) is 2.69. The lowest BCUT2D eigenvalue weighted by Crippen LogP contribution is -2.48. The van der Waals surface area contributed by atoms with E-state index in [9.17, 15) is 14.4 Å². The largest absolute Gasteiger partial charge is 0.289 e. The van der Waals surface area contributed by atoms with Crippen LogP contribution < -0.4 is 5.48 Å². The van der Waals surface area contributed by atoms with E-state index in [-0.39, 0.29) is 6.42 Å². The summed E-state index contributed by atoms with van der Waals surface area (Å²) in [6, 6.07) is 6.36. The van der Waals surface area contributed by atoms with Crippen LogP contribution >= 0.6 is 0 Å². The van der Waals surface area contributed by atoms with Crippen LogP contribution in [0.4, 0.5) is 0 Å². The summed E-state index contributed by atoms with van der Waals surface area (Å²) >= 11 is 0. The van der Waals surface area contributed by atoms with Crippen LogP contribution in [0.5, 0.6) is 0 Å². The number of hydroxylamine groups is 1. The molecule has 2 atom stereocenters. The Balaban J connectivity index is 2.36. The maximum atomic E-state index is 12.6. The zero-order chi connectivity index (χ0) is 15.8. The highest BCUT2D eigenvalue weighted by Gasteiger charge is 2.51. The predicted molar refractivity (Wildman–Crippen MR) is 74.4 cm³/mol. The van der Waals surface area contributed by atoms with Gasteiger partial charge in [-0.05, 0) is 26.3 Å². The number of imide groups is 1. The summed E-state index contributed by atoms with van der Waals surface area (Å²) in [6.45, 7) is 5.04. The molecule has 1 heterocycles. The lowest BCUT2D eigenvalue weighted by molar-refractivity contribution is -0.149. The molecule has 1 unspecified atom stereocenters. The Labute approximate surface area is 122 Å². The molecule has 2 rings (SSSR count). The zero-order valence-corrected chi connectivity index (χ0v) is 12.2. The Hall–Kier alpha value is -2.21. The summed E-state index contributed by atoms with van der Waals surface area (Å²) in [5, 5.41) is 8.67. The number of nitrogens with zero attached hydrogens (tertiary/aromatic N) is 1. The zero-order valence-electron chi connectivity index (χ0n) is 12.2. The Morgan fingerprint density at radius 1 is 1.33 bits per heavy atom. The fourth-order valence-corrected chi connectivity index (χ4v) is 2.59. The molecule has 1 aliphatic rings. The van der Waals surface area contributed by atoms with Gasteiger partial charge in [0, 0.05) is 6.42 Å². The van der Waals surface area contributed by atoms with Gasteiger partial charge in [0.25, 0.3) is 5.91 Å². The second-order valence-electron chi connectivity index (χ2n) is 5.60. The Bertz CT molecular complexity index is 596. The van der Waals surface area contributed by atoms with E-state index in [0.717, 1.165) is 16.0 Å². The van der Waals surface area contributed by atoms with Gasteiger partial charge in [0.05, 0.1) is 5.41 Å². The fraction of sp³-hybridized carbons (Fsp3) is 0.400. The van der Waals surface area contributed by atoms with Gasteiger partial charge in [0.2, 0.25) is 11.8 Å². The SMILES string of the molecule is Cc1ccc(C2(C)CC(=O)N([C@H](C)C(=O)NO)C2=O)cc1. The number of hydrogen-bond acceptors (Lipinski definition) is 4. The van der Waals surface area contributed by atoms with Crippen LogP contribution in [-0.2, 0) is 19.8 Å². The minimum absolute atomic E-state index is 0.0118. The van der Waals surface area contributed by atoms with Crippen molar-refractivity contribution in [2.45, 2.75) is 38.6 Å². The Morgan fingerprint density at radius 3 is 2.43 bits per heavy atom. The first-order valence-electron chi connectivity index (χ1n) is 6.69. The number of benzene rings is 1. The molecule has 0 bridgehead atoms. The number of likely N-dealkylation sites (tertiary alicyclic amines) is 1. The van der Waals surface area contributed by atoms with E-state index in [1.807, 2.05) is 31.2 Å². The van der Waals surface area contributed by atoms with E-state index in [0.29, 0.717) is 0 Å². The molecule has 1 fully saturated rings. The molecule has 1 saturated heterocycles. The van der Waals surface area contributed by atoms with E-state index in [1.54, 1.807) is 6.92 Å². The molecule has 0 aromatic heterocycles. The number of carbonyl (C=O) groups excluding carboxylic acids is 3. The van der Waals surface area contributed by atoms with Crippen molar-refractivity contribution >= 4 is 17.7 Å². The van der Waals surface area contributed by atoms with E-state index in [2.05, 4.69) is 0 Å². The average molecular weight is 290 g/mol. The quantitative estimate of drug-likeness (QED) is 0.492. The van der Waals surface area contributed by atoms with Gasteiger partial charge in [-0.3, -0.25) is 24.5 Å². The number of aryl methyl sites for hydroxylation is 1. The van der Waals surface area contributed by atoms with Crippen molar-refractivity contribution in [3.8, 4) is 0 Å². The van der Waals surface area contributed by atoms with Crippen molar-refractivity contribution in [3.63, 3.8) is 0 Å². The van der Waals surface area contributed by atoms with Crippen LogP contribution in [0.15, 0.2) is 24.3 Å². The van der Waals surface area contributed by atoms with Crippen molar-refractivity contribution in [2.24, 2.45) is 0 Å². The molecule has 1 aromatic rings. The maximum Gasteiger partial charge on any atom is 0.266 e. The van der Waals surface area contributed by atoms with Crippen molar-refractivity contribution in [1.29, 1.82) is 0 Å². The van der Waals surface area contributed by atoms with Gasteiger partial charge >= 0.3 is 0 Å². The molecule has 21 heavy (non-hydrogen) atoms. The lowest BCUT2D eigenvalue weighted by atomic mass is 9.80. The van der Waals surface area contributed by atoms with E-state index in [1.165, 1.54) is 12.4 Å². The van der Waals surface area contributed by atoms with Gasteiger partial charge in [0.1, 0.15) is 6.04 Å². The molecule has 0 saturated carbocycles. The van der Waals surface area contributed by atoms with Crippen molar-refractivity contribution < 1.29 is 19.6 Å². The van der Waals surface area contributed by atoms with Gasteiger partial charge in [-0.1, -0.05) is 29.8 Å². The van der Waals surface area contributed by atoms with Gasteiger partial charge < -0.3 is 0 Å². The van der Waals surface area contributed by atoms with Crippen LogP contribution in [0.1, 0.15) is 31.4 Å². The van der Waals surface area contributed by atoms with Crippen molar-refractivity contribution in [1.82, 2.24) is 10.4 Å². The number of amides is 3. The standard InChI is InChI=1S/C15H18N2O4/c1-9-4-6-11(7-5-9)15(3)8-12(18)17(14(15)20)10(2)13(19)16-21/h4-7,10,21H,8H2,1-3H3,(H,16,19)/t10-,15?/m1/s1. The molecule has 1 aromatic carbocycles. The van der Waals surface area contributed by atoms with E-state index >= 15 is 0 Å². The topological polar surface area (TPSA) is 86.7 Å². The molecule has 6 nitrogen and oxygen atoms in total. The van der Waals surface area contributed by atoms with Crippen LogP contribution in [0.2, 0.25) is 0 Å². The van der Waals surface area contributed by atoms with Gasteiger partial charge in [-0.25, -0.2) is 5.48 Å². The van der Waals surface area contributed by atoms with Gasteiger partial charge in [0.15, 0.2) is 0 Å². The van der Waals surface area contributed by atoms with E-state index < -0.39 is 29.2 Å². The first-order chi connectivity index (χ1) is 9.81. The number of rotatable bonds is 3. The first kappa shape index (κ1) is 15.2. The molecule has 3 amide bonds. The van der Waals surface area contributed by atoms with Crippen LogP contribution in [-0.4, -0.2) is 33.9 Å². The second kappa shape index (κ2) is 5.29. The molecule has 112 valence electrons. The normalized spacial score (nSPS) is 23.3. The van der Waals surface area contributed by atoms with Crippen molar-refractivity contribution in [3.05, 3.63) is 35.4 Å². The number of carbonyl (C=O) groups is 3. The third-order valence-electron chi connectivity index (χ3n) is 4.03. The first-order valence-corrected chi connectivity index (χ1v) is 6.69. The third-order valence-corrected chi connectivity index (χ3v) is 4.03. The Kier molecular flexibility index (Phi) is 3.82. The minimum Gasteiger partial charge on any atom is -0.289 e. The number of hydrogen-bond donors (Lipinski definition) is 2.